The first-order valence-corrected chi connectivity index (χ1v) is 8.63. The fourth-order valence-corrected chi connectivity index (χ4v) is 3.30. The number of rotatable bonds is 5. The molecule has 1 aliphatic rings. The number of primary amides is 1. The number of amides is 3. The lowest BCUT2D eigenvalue weighted by Crippen LogP contribution is -2.48. The Morgan fingerprint density at radius 2 is 2.21 bits per heavy atom. The number of piperidine rings is 1. The maximum Gasteiger partial charge on any atom is 0.317 e. The van der Waals surface area contributed by atoms with Crippen molar-refractivity contribution < 1.29 is 9.59 Å². The van der Waals surface area contributed by atoms with Crippen molar-refractivity contribution in [3.8, 4) is 0 Å². The second-order valence-corrected chi connectivity index (χ2v) is 7.00. The van der Waals surface area contributed by atoms with Crippen LogP contribution in [0.15, 0.2) is 18.3 Å². The third kappa shape index (κ3) is 4.69. The van der Waals surface area contributed by atoms with E-state index in [9.17, 15) is 9.59 Å². The van der Waals surface area contributed by atoms with Gasteiger partial charge in [-0.1, -0.05) is 19.9 Å². The molecule has 6 heteroatoms. The average molecular weight is 332 g/mol. The largest absolute Gasteiger partial charge is 0.370 e. The van der Waals surface area contributed by atoms with Crippen molar-refractivity contribution in [1.29, 1.82) is 0 Å². The number of hydrogen-bond acceptors (Lipinski definition) is 3. The number of nitrogens with zero attached hydrogens (tertiary/aromatic N) is 2. The van der Waals surface area contributed by atoms with Crippen molar-refractivity contribution in [2.24, 2.45) is 17.6 Å². The van der Waals surface area contributed by atoms with E-state index in [-0.39, 0.29) is 29.8 Å². The minimum absolute atomic E-state index is 0.0899. The number of nitrogens with one attached hydrogen (secondary N) is 1. The molecule has 0 aromatic carbocycles. The molecule has 24 heavy (non-hydrogen) atoms. The minimum atomic E-state index is -0.300. The van der Waals surface area contributed by atoms with E-state index >= 15 is 0 Å². The number of urea groups is 1. The number of aromatic nitrogens is 1. The summed E-state index contributed by atoms with van der Waals surface area (Å²) in [5.41, 5.74) is 7.27. The highest BCUT2D eigenvalue weighted by Gasteiger charge is 2.28. The van der Waals surface area contributed by atoms with Gasteiger partial charge in [-0.15, -0.1) is 0 Å². The molecule has 1 aromatic heterocycles. The number of likely N-dealkylation sites (tertiary alicyclic amines) is 1. The van der Waals surface area contributed by atoms with Gasteiger partial charge in [0.05, 0.1) is 11.7 Å². The molecular weight excluding hydrogens is 304 g/mol. The zero-order chi connectivity index (χ0) is 17.7. The molecule has 2 heterocycles. The second-order valence-electron chi connectivity index (χ2n) is 7.00. The van der Waals surface area contributed by atoms with Crippen molar-refractivity contribution in [3.63, 3.8) is 0 Å². The van der Waals surface area contributed by atoms with Crippen LogP contribution >= 0.6 is 0 Å². The lowest BCUT2D eigenvalue weighted by atomic mass is 9.94. The number of hydrogen-bond donors (Lipinski definition) is 2. The zero-order valence-electron chi connectivity index (χ0n) is 14.8. The van der Waals surface area contributed by atoms with E-state index in [0.29, 0.717) is 19.5 Å². The average Bonchev–Trinajstić information content (AvgIpc) is 2.52. The van der Waals surface area contributed by atoms with E-state index in [1.165, 1.54) is 0 Å². The van der Waals surface area contributed by atoms with Crippen molar-refractivity contribution >= 4 is 11.9 Å². The number of nitrogens with two attached hydrogens (primary N) is 1. The van der Waals surface area contributed by atoms with Gasteiger partial charge in [0.1, 0.15) is 0 Å². The van der Waals surface area contributed by atoms with E-state index in [1.54, 1.807) is 11.1 Å². The molecule has 0 radical (unpaired) electrons. The lowest BCUT2D eigenvalue weighted by Gasteiger charge is -2.34. The number of pyridine rings is 1. The zero-order valence-corrected chi connectivity index (χ0v) is 14.8. The van der Waals surface area contributed by atoms with Crippen LogP contribution < -0.4 is 11.1 Å². The van der Waals surface area contributed by atoms with Crippen molar-refractivity contribution in [1.82, 2.24) is 15.2 Å². The lowest BCUT2D eigenvalue weighted by molar-refractivity contribution is -0.119. The Morgan fingerprint density at radius 1 is 1.46 bits per heavy atom. The summed E-state index contributed by atoms with van der Waals surface area (Å²) in [7, 11) is 0. The molecule has 132 valence electrons. The first-order valence-electron chi connectivity index (χ1n) is 8.63. The Labute approximate surface area is 143 Å². The van der Waals surface area contributed by atoms with Crippen molar-refractivity contribution in [3.05, 3.63) is 29.6 Å². The summed E-state index contributed by atoms with van der Waals surface area (Å²) in [6, 6.07) is 3.69. The van der Waals surface area contributed by atoms with Gasteiger partial charge in [-0.2, -0.15) is 0 Å². The van der Waals surface area contributed by atoms with Gasteiger partial charge in [-0.05, 0) is 43.2 Å². The van der Waals surface area contributed by atoms with Crippen LogP contribution in [0.1, 0.15) is 50.4 Å². The van der Waals surface area contributed by atoms with Gasteiger partial charge in [0, 0.05) is 25.7 Å². The topological polar surface area (TPSA) is 88.3 Å². The van der Waals surface area contributed by atoms with E-state index in [0.717, 1.165) is 24.1 Å². The van der Waals surface area contributed by atoms with Crippen LogP contribution in [0.3, 0.4) is 0 Å². The fourth-order valence-electron chi connectivity index (χ4n) is 3.30. The molecule has 0 saturated carbocycles. The Hall–Kier alpha value is -2.11. The van der Waals surface area contributed by atoms with Crippen LogP contribution in [0.4, 0.5) is 4.79 Å². The van der Waals surface area contributed by atoms with E-state index in [2.05, 4.69) is 24.1 Å². The molecule has 0 aliphatic carbocycles. The SMILES string of the molecule is Cc1cccnc1[C@@H](NC(=O)N1CCC[C@H](CC(N)=O)C1)C(C)C. The highest BCUT2D eigenvalue weighted by Crippen LogP contribution is 2.24. The van der Waals surface area contributed by atoms with Gasteiger partial charge >= 0.3 is 6.03 Å². The molecule has 1 aromatic rings. The van der Waals surface area contributed by atoms with Gasteiger partial charge in [0.15, 0.2) is 0 Å². The molecule has 0 spiro atoms. The molecule has 2 rings (SSSR count). The molecule has 3 amide bonds. The quantitative estimate of drug-likeness (QED) is 0.867. The van der Waals surface area contributed by atoms with Crippen LogP contribution in [-0.2, 0) is 4.79 Å². The van der Waals surface area contributed by atoms with Gasteiger partial charge in [-0.3, -0.25) is 9.78 Å². The smallest absolute Gasteiger partial charge is 0.317 e. The standard InChI is InChI=1S/C18H28N4O2/c1-12(2)16(17-13(3)6-4-8-20-17)21-18(24)22-9-5-7-14(11-22)10-15(19)23/h4,6,8,12,14,16H,5,7,9-11H2,1-3H3,(H2,19,23)(H,21,24)/t14-,16+/m1/s1. The van der Waals surface area contributed by atoms with Crippen LogP contribution in [-0.4, -0.2) is 34.9 Å². The summed E-state index contributed by atoms with van der Waals surface area (Å²) >= 11 is 0. The number of carbonyl (C=O) groups is 2. The first kappa shape index (κ1) is 18.2. The summed E-state index contributed by atoms with van der Waals surface area (Å²) in [6.45, 7) is 7.46. The van der Waals surface area contributed by atoms with Crippen LogP contribution in [0, 0.1) is 18.8 Å². The minimum Gasteiger partial charge on any atom is -0.370 e. The molecule has 1 fully saturated rings. The Morgan fingerprint density at radius 3 is 2.83 bits per heavy atom. The third-order valence-corrected chi connectivity index (χ3v) is 4.59. The molecule has 3 N–H and O–H groups in total. The van der Waals surface area contributed by atoms with Gasteiger partial charge in [0.25, 0.3) is 0 Å². The predicted octanol–water partition coefficient (Wildman–Crippen LogP) is 2.38. The fraction of sp³-hybridized carbons (Fsp3) is 0.611. The molecule has 2 atom stereocenters. The summed E-state index contributed by atoms with van der Waals surface area (Å²) in [6.07, 6.45) is 3.95. The molecule has 1 saturated heterocycles. The number of carbonyl (C=O) groups excluding carboxylic acids is 2. The summed E-state index contributed by atoms with van der Waals surface area (Å²) < 4.78 is 0. The monoisotopic (exact) mass is 332 g/mol. The third-order valence-electron chi connectivity index (χ3n) is 4.59. The summed E-state index contributed by atoms with van der Waals surface area (Å²) in [5.74, 6) is 0.0938. The van der Waals surface area contributed by atoms with Crippen molar-refractivity contribution in [2.75, 3.05) is 13.1 Å². The molecule has 0 unspecified atom stereocenters. The second kappa shape index (κ2) is 8.13. The van der Waals surface area contributed by atoms with E-state index in [4.69, 9.17) is 5.73 Å². The van der Waals surface area contributed by atoms with Gasteiger partial charge in [0.2, 0.25) is 5.91 Å². The Balaban J connectivity index is 2.05. The summed E-state index contributed by atoms with van der Waals surface area (Å²) in [4.78, 5) is 30.1. The Kier molecular flexibility index (Phi) is 6.17. The normalized spacial score (nSPS) is 19.2. The van der Waals surface area contributed by atoms with Crippen molar-refractivity contribution in [2.45, 2.75) is 46.1 Å². The Bertz CT molecular complexity index is 588. The predicted molar refractivity (Wildman–Crippen MR) is 93.2 cm³/mol. The molecular formula is C18H28N4O2. The molecule has 1 aliphatic heterocycles. The van der Waals surface area contributed by atoms with Gasteiger partial charge in [-0.25, -0.2) is 4.79 Å². The molecule has 0 bridgehead atoms. The highest BCUT2D eigenvalue weighted by atomic mass is 16.2. The van der Waals surface area contributed by atoms with E-state index in [1.807, 2.05) is 19.1 Å². The van der Waals surface area contributed by atoms with Gasteiger partial charge < -0.3 is 16.0 Å². The van der Waals surface area contributed by atoms with Crippen LogP contribution in [0.25, 0.3) is 0 Å². The maximum atomic E-state index is 12.7. The van der Waals surface area contributed by atoms with Crippen LogP contribution in [0.5, 0.6) is 0 Å². The van der Waals surface area contributed by atoms with E-state index < -0.39 is 0 Å². The molecule has 6 nitrogen and oxygen atoms in total. The van der Waals surface area contributed by atoms with Crippen LogP contribution in [0.2, 0.25) is 0 Å². The summed E-state index contributed by atoms with van der Waals surface area (Å²) in [5, 5.41) is 3.13. The number of aryl methyl sites for hydroxylation is 1. The highest BCUT2D eigenvalue weighted by molar-refractivity contribution is 5.76. The first-order chi connectivity index (χ1) is 11.4. The maximum absolute atomic E-state index is 12.7.